The number of carbonyl (C=O) groups is 1. The molecular formula is C17H20N2O3. The Morgan fingerprint density at radius 1 is 1.23 bits per heavy atom. The van der Waals surface area contributed by atoms with Crippen LogP contribution in [0.3, 0.4) is 0 Å². The average molecular weight is 300 g/mol. The van der Waals surface area contributed by atoms with E-state index in [-0.39, 0.29) is 0 Å². The summed E-state index contributed by atoms with van der Waals surface area (Å²) in [6, 6.07) is 12.5. The molecule has 0 radical (unpaired) electrons. The van der Waals surface area contributed by atoms with Crippen LogP contribution in [0.15, 0.2) is 36.4 Å². The standard InChI is InChI=1S/C17H20N2O3/c1-21-14-6-5-12-3-2-4-15(16(12)11-14)13-7-9-19(10-8-13)22-17(18)20/h2-6,11,13H,7-10H2,1H3,(H2,18,20). The fourth-order valence-corrected chi connectivity index (χ4v) is 3.14. The molecule has 22 heavy (non-hydrogen) atoms. The lowest BCUT2D eigenvalue weighted by Crippen LogP contribution is -2.36. The van der Waals surface area contributed by atoms with Gasteiger partial charge in [0, 0.05) is 13.1 Å². The first-order valence-electron chi connectivity index (χ1n) is 7.46. The highest BCUT2D eigenvalue weighted by molar-refractivity contribution is 5.87. The maximum absolute atomic E-state index is 10.8. The van der Waals surface area contributed by atoms with Crippen molar-refractivity contribution in [2.75, 3.05) is 20.2 Å². The molecule has 5 nitrogen and oxygen atoms in total. The largest absolute Gasteiger partial charge is 0.497 e. The fraction of sp³-hybridized carbons (Fsp3) is 0.353. The number of hydroxylamine groups is 2. The van der Waals surface area contributed by atoms with Gasteiger partial charge in [-0.3, -0.25) is 0 Å². The lowest BCUT2D eigenvalue weighted by atomic mass is 9.87. The predicted octanol–water partition coefficient (Wildman–Crippen LogP) is 3.04. The Morgan fingerprint density at radius 3 is 2.68 bits per heavy atom. The molecule has 1 fully saturated rings. The van der Waals surface area contributed by atoms with E-state index in [4.69, 9.17) is 15.3 Å². The third-order valence-electron chi connectivity index (χ3n) is 4.24. The second kappa shape index (κ2) is 6.23. The highest BCUT2D eigenvalue weighted by Gasteiger charge is 2.23. The number of hydrogen-bond donors (Lipinski definition) is 1. The Kier molecular flexibility index (Phi) is 4.15. The molecule has 1 amide bonds. The number of rotatable bonds is 3. The topological polar surface area (TPSA) is 64.8 Å². The molecule has 5 heteroatoms. The van der Waals surface area contributed by atoms with Gasteiger partial charge in [-0.15, -0.1) is 5.06 Å². The predicted molar refractivity (Wildman–Crippen MR) is 84.7 cm³/mol. The van der Waals surface area contributed by atoms with E-state index in [0.717, 1.165) is 18.6 Å². The number of ether oxygens (including phenoxy) is 1. The van der Waals surface area contributed by atoms with E-state index < -0.39 is 6.09 Å². The van der Waals surface area contributed by atoms with Crippen LogP contribution >= 0.6 is 0 Å². The van der Waals surface area contributed by atoms with E-state index in [1.54, 1.807) is 12.2 Å². The molecule has 1 heterocycles. The number of piperidine rings is 1. The second-order valence-corrected chi connectivity index (χ2v) is 5.55. The quantitative estimate of drug-likeness (QED) is 0.946. The zero-order valence-electron chi connectivity index (χ0n) is 12.6. The molecule has 0 spiro atoms. The third kappa shape index (κ3) is 2.99. The third-order valence-corrected chi connectivity index (χ3v) is 4.24. The molecule has 2 N–H and O–H groups in total. The van der Waals surface area contributed by atoms with Crippen molar-refractivity contribution in [2.24, 2.45) is 5.73 Å². The Bertz CT molecular complexity index is 679. The minimum absolute atomic E-state index is 0.448. The number of nitrogens with two attached hydrogens (primary N) is 1. The van der Waals surface area contributed by atoms with Crippen molar-refractivity contribution in [3.63, 3.8) is 0 Å². The van der Waals surface area contributed by atoms with Gasteiger partial charge < -0.3 is 15.3 Å². The van der Waals surface area contributed by atoms with E-state index in [1.165, 1.54) is 16.3 Å². The molecule has 0 atom stereocenters. The summed E-state index contributed by atoms with van der Waals surface area (Å²) in [7, 11) is 1.68. The number of hydrogen-bond acceptors (Lipinski definition) is 4. The summed E-state index contributed by atoms with van der Waals surface area (Å²) in [4.78, 5) is 15.8. The number of fused-ring (bicyclic) bond motifs is 1. The van der Waals surface area contributed by atoms with Crippen molar-refractivity contribution in [3.05, 3.63) is 42.0 Å². The van der Waals surface area contributed by atoms with Gasteiger partial charge in [0.05, 0.1) is 7.11 Å². The molecule has 0 unspecified atom stereocenters. The molecule has 116 valence electrons. The summed E-state index contributed by atoms with van der Waals surface area (Å²) in [5.41, 5.74) is 6.39. The monoisotopic (exact) mass is 300 g/mol. The molecule has 1 aliphatic rings. The molecule has 2 aromatic carbocycles. The van der Waals surface area contributed by atoms with Crippen LogP contribution in [-0.2, 0) is 4.84 Å². The van der Waals surface area contributed by atoms with Crippen LogP contribution in [0.1, 0.15) is 24.3 Å². The Labute approximate surface area is 129 Å². The van der Waals surface area contributed by atoms with Crippen molar-refractivity contribution < 1.29 is 14.4 Å². The molecule has 3 rings (SSSR count). The summed E-state index contributed by atoms with van der Waals surface area (Å²) in [5, 5.41) is 4.09. The number of benzene rings is 2. The van der Waals surface area contributed by atoms with Crippen molar-refractivity contribution >= 4 is 16.9 Å². The molecule has 0 saturated carbocycles. The first kappa shape index (κ1) is 14.7. The zero-order valence-corrected chi connectivity index (χ0v) is 12.6. The number of methoxy groups -OCH3 is 1. The van der Waals surface area contributed by atoms with Gasteiger partial charge in [0.2, 0.25) is 0 Å². The minimum atomic E-state index is -0.742. The van der Waals surface area contributed by atoms with Gasteiger partial charge in [-0.2, -0.15) is 0 Å². The molecule has 2 aromatic rings. The van der Waals surface area contributed by atoms with E-state index in [2.05, 4.69) is 30.3 Å². The Morgan fingerprint density at radius 2 is 2.00 bits per heavy atom. The van der Waals surface area contributed by atoms with Gasteiger partial charge in [-0.25, -0.2) is 4.79 Å². The Hall–Kier alpha value is -2.27. The van der Waals surface area contributed by atoms with Crippen molar-refractivity contribution in [1.82, 2.24) is 5.06 Å². The first-order chi connectivity index (χ1) is 10.7. The molecule has 0 aliphatic carbocycles. The van der Waals surface area contributed by atoms with Gasteiger partial charge in [0.25, 0.3) is 0 Å². The van der Waals surface area contributed by atoms with Gasteiger partial charge in [0.1, 0.15) is 5.75 Å². The number of carbonyl (C=O) groups excluding carboxylic acids is 1. The van der Waals surface area contributed by atoms with Gasteiger partial charge in [0.15, 0.2) is 0 Å². The van der Waals surface area contributed by atoms with E-state index in [1.807, 2.05) is 6.07 Å². The van der Waals surface area contributed by atoms with Crippen LogP contribution in [0.2, 0.25) is 0 Å². The maximum Gasteiger partial charge on any atom is 0.423 e. The number of primary amides is 1. The zero-order chi connectivity index (χ0) is 15.5. The van der Waals surface area contributed by atoms with Gasteiger partial charge in [-0.05, 0) is 47.2 Å². The van der Waals surface area contributed by atoms with Crippen molar-refractivity contribution in [1.29, 1.82) is 0 Å². The summed E-state index contributed by atoms with van der Waals surface area (Å²) in [6.45, 7) is 1.40. The molecule has 0 aromatic heterocycles. The normalized spacial score (nSPS) is 16.6. The van der Waals surface area contributed by atoms with E-state index in [0.29, 0.717) is 19.0 Å². The highest BCUT2D eigenvalue weighted by atomic mass is 16.7. The summed E-state index contributed by atoms with van der Waals surface area (Å²) < 4.78 is 5.35. The lowest BCUT2D eigenvalue weighted by molar-refractivity contribution is -0.110. The average Bonchev–Trinajstić information content (AvgIpc) is 2.54. The van der Waals surface area contributed by atoms with E-state index in [9.17, 15) is 4.79 Å². The molecular weight excluding hydrogens is 280 g/mol. The Balaban J connectivity index is 1.83. The molecule has 1 saturated heterocycles. The lowest BCUT2D eigenvalue weighted by Gasteiger charge is -2.30. The SMILES string of the molecule is COc1ccc2cccc(C3CCN(OC(N)=O)CC3)c2c1. The van der Waals surface area contributed by atoms with Crippen LogP contribution in [0.5, 0.6) is 5.75 Å². The van der Waals surface area contributed by atoms with Crippen LogP contribution in [-0.4, -0.2) is 31.4 Å². The second-order valence-electron chi connectivity index (χ2n) is 5.55. The van der Waals surface area contributed by atoms with Crippen LogP contribution in [0, 0.1) is 0 Å². The minimum Gasteiger partial charge on any atom is -0.497 e. The summed E-state index contributed by atoms with van der Waals surface area (Å²) >= 11 is 0. The van der Waals surface area contributed by atoms with Crippen molar-refractivity contribution in [3.8, 4) is 5.75 Å². The smallest absolute Gasteiger partial charge is 0.423 e. The first-order valence-corrected chi connectivity index (χ1v) is 7.46. The number of amides is 1. The molecule has 1 aliphatic heterocycles. The van der Waals surface area contributed by atoms with Crippen molar-refractivity contribution in [2.45, 2.75) is 18.8 Å². The van der Waals surface area contributed by atoms with E-state index >= 15 is 0 Å². The van der Waals surface area contributed by atoms with Crippen LogP contribution in [0.25, 0.3) is 10.8 Å². The highest BCUT2D eigenvalue weighted by Crippen LogP contribution is 2.34. The maximum atomic E-state index is 10.8. The van der Waals surface area contributed by atoms with Gasteiger partial charge >= 0.3 is 6.09 Å². The number of nitrogens with zero attached hydrogens (tertiary/aromatic N) is 1. The molecule has 0 bridgehead atoms. The summed E-state index contributed by atoms with van der Waals surface area (Å²) in [6.07, 6.45) is 1.13. The van der Waals surface area contributed by atoms with Gasteiger partial charge in [-0.1, -0.05) is 24.3 Å². The van der Waals surface area contributed by atoms with Crippen LogP contribution in [0.4, 0.5) is 4.79 Å². The fourth-order valence-electron chi connectivity index (χ4n) is 3.14. The summed E-state index contributed by atoms with van der Waals surface area (Å²) in [5.74, 6) is 1.32. The van der Waals surface area contributed by atoms with Crippen LogP contribution < -0.4 is 10.5 Å².